The minimum absolute atomic E-state index is 0.0327. The first-order valence-corrected chi connectivity index (χ1v) is 17.4. The molecule has 0 bridgehead atoms. The molecule has 0 heterocycles. The van der Waals surface area contributed by atoms with Gasteiger partial charge in [-0.1, -0.05) is 26.7 Å². The van der Waals surface area contributed by atoms with Crippen LogP contribution in [-0.2, 0) is 28.7 Å². The second-order valence-electron chi connectivity index (χ2n) is 15.0. The van der Waals surface area contributed by atoms with Gasteiger partial charge in [0.15, 0.2) is 0 Å². The van der Waals surface area contributed by atoms with Gasteiger partial charge in [0.25, 0.3) is 0 Å². The van der Waals surface area contributed by atoms with E-state index in [1.165, 1.54) is 0 Å². The van der Waals surface area contributed by atoms with Gasteiger partial charge in [0.1, 0.15) is 0 Å². The number of carboxylic acids is 2. The quantitative estimate of drug-likeness (QED) is 0.145. The van der Waals surface area contributed by atoms with Gasteiger partial charge in [-0.25, -0.2) is 0 Å². The van der Waals surface area contributed by atoms with E-state index in [9.17, 15) is 34.7 Å². The molecule has 4 fully saturated rings. The first-order valence-electron chi connectivity index (χ1n) is 17.4. The Bertz CT molecular complexity index is 1030. The van der Waals surface area contributed by atoms with Crippen LogP contribution in [0.3, 0.4) is 0 Å². The fraction of sp³-hybridized carbons (Fsp3) is 0.909. The number of nitrogens with zero attached hydrogens (tertiary/aromatic N) is 1. The molecule has 0 saturated heterocycles. The summed E-state index contributed by atoms with van der Waals surface area (Å²) in [5.74, 6) is -4.14. The Morgan fingerprint density at radius 3 is 1.89 bits per heavy atom. The minimum Gasteiger partial charge on any atom is -0.481 e. The SMILES string of the molecule is CC(C)(COC1CCC(NOCC2CCCCC2C(=O)O)CC1)COC1CCC(NC(=O)C2CC([N+](=O)[O-])CCC2C(=O)O)CC1. The number of hydrogen-bond donors (Lipinski definition) is 4. The van der Waals surface area contributed by atoms with Crippen LogP contribution in [0.1, 0.15) is 110 Å². The van der Waals surface area contributed by atoms with E-state index in [1.807, 2.05) is 0 Å². The molecule has 0 aromatic rings. The van der Waals surface area contributed by atoms with Crippen molar-refractivity contribution in [2.24, 2.45) is 29.1 Å². The van der Waals surface area contributed by atoms with Gasteiger partial charge in [-0.05, 0) is 76.5 Å². The Morgan fingerprint density at radius 1 is 0.761 bits per heavy atom. The number of carboxylic acid groups (broad SMARTS) is 2. The predicted molar refractivity (Wildman–Crippen MR) is 167 cm³/mol. The second kappa shape index (κ2) is 17.2. The Labute approximate surface area is 272 Å². The van der Waals surface area contributed by atoms with Gasteiger partial charge in [-0.2, -0.15) is 5.48 Å². The molecular weight excluding hydrogens is 598 g/mol. The van der Waals surface area contributed by atoms with Crippen molar-refractivity contribution in [2.45, 2.75) is 140 Å². The summed E-state index contributed by atoms with van der Waals surface area (Å²) in [6.07, 6.45) is 11.0. The molecular formula is C33H55N3O10. The van der Waals surface area contributed by atoms with Crippen molar-refractivity contribution in [3.8, 4) is 0 Å². The second-order valence-corrected chi connectivity index (χ2v) is 15.0. The van der Waals surface area contributed by atoms with E-state index in [1.54, 1.807) is 0 Å². The molecule has 4 rings (SSSR count). The lowest BCUT2D eigenvalue weighted by Crippen LogP contribution is -2.48. The van der Waals surface area contributed by atoms with Gasteiger partial charge in [0, 0.05) is 35.3 Å². The summed E-state index contributed by atoms with van der Waals surface area (Å²) >= 11 is 0. The zero-order chi connectivity index (χ0) is 33.3. The maximum Gasteiger partial charge on any atom is 0.307 e. The number of rotatable bonds is 15. The number of aliphatic carboxylic acids is 2. The van der Waals surface area contributed by atoms with Crippen LogP contribution in [0.5, 0.6) is 0 Å². The van der Waals surface area contributed by atoms with Crippen LogP contribution >= 0.6 is 0 Å². The summed E-state index contributed by atoms with van der Waals surface area (Å²) in [6, 6.07) is -0.706. The highest BCUT2D eigenvalue weighted by Gasteiger charge is 2.44. The van der Waals surface area contributed by atoms with Crippen LogP contribution in [0.2, 0.25) is 0 Å². The average Bonchev–Trinajstić information content (AvgIpc) is 3.04. The number of amides is 1. The van der Waals surface area contributed by atoms with Crippen LogP contribution < -0.4 is 10.8 Å². The summed E-state index contributed by atoms with van der Waals surface area (Å²) in [5.41, 5.74) is 3.02. The topological polar surface area (TPSA) is 187 Å². The van der Waals surface area contributed by atoms with Crippen molar-refractivity contribution >= 4 is 17.8 Å². The van der Waals surface area contributed by atoms with Crippen molar-refractivity contribution in [3.63, 3.8) is 0 Å². The van der Waals surface area contributed by atoms with Crippen molar-refractivity contribution in [3.05, 3.63) is 10.1 Å². The molecule has 0 spiro atoms. The van der Waals surface area contributed by atoms with E-state index < -0.39 is 34.7 Å². The van der Waals surface area contributed by atoms with Crippen LogP contribution in [0.4, 0.5) is 0 Å². The average molecular weight is 654 g/mol. The van der Waals surface area contributed by atoms with E-state index in [2.05, 4.69) is 24.6 Å². The van der Waals surface area contributed by atoms with Crippen molar-refractivity contribution in [1.29, 1.82) is 0 Å². The Hall–Kier alpha value is -2.35. The third-order valence-electron chi connectivity index (χ3n) is 10.7. The zero-order valence-corrected chi connectivity index (χ0v) is 27.5. The van der Waals surface area contributed by atoms with E-state index in [0.717, 1.165) is 77.0 Å². The molecule has 13 heteroatoms. The smallest absolute Gasteiger partial charge is 0.307 e. The van der Waals surface area contributed by atoms with E-state index in [0.29, 0.717) is 19.8 Å². The highest BCUT2D eigenvalue weighted by Crippen LogP contribution is 2.34. The monoisotopic (exact) mass is 653 g/mol. The van der Waals surface area contributed by atoms with Gasteiger partial charge in [0.2, 0.25) is 11.9 Å². The van der Waals surface area contributed by atoms with Crippen LogP contribution in [0.25, 0.3) is 0 Å². The third kappa shape index (κ3) is 10.8. The molecule has 0 radical (unpaired) electrons. The van der Waals surface area contributed by atoms with Crippen molar-refractivity contribution in [1.82, 2.24) is 10.8 Å². The van der Waals surface area contributed by atoms with Gasteiger partial charge in [0.05, 0.1) is 49.8 Å². The number of nitro groups is 1. The molecule has 4 N–H and O–H groups in total. The molecule has 262 valence electrons. The summed E-state index contributed by atoms with van der Waals surface area (Å²) in [4.78, 5) is 52.8. The summed E-state index contributed by atoms with van der Waals surface area (Å²) in [6.45, 7) is 5.86. The fourth-order valence-electron chi connectivity index (χ4n) is 7.69. The van der Waals surface area contributed by atoms with Gasteiger partial charge in [-0.15, -0.1) is 0 Å². The van der Waals surface area contributed by atoms with Crippen LogP contribution in [0, 0.1) is 39.2 Å². The van der Waals surface area contributed by atoms with Crippen molar-refractivity contribution in [2.75, 3.05) is 19.8 Å². The molecule has 0 aromatic heterocycles. The molecule has 46 heavy (non-hydrogen) atoms. The number of nitrogens with one attached hydrogen (secondary N) is 2. The first kappa shape index (κ1) is 36.5. The third-order valence-corrected chi connectivity index (χ3v) is 10.7. The maximum atomic E-state index is 13.0. The molecule has 13 nitrogen and oxygen atoms in total. The summed E-state index contributed by atoms with van der Waals surface area (Å²) < 4.78 is 12.6. The standard InChI is InChI=1S/C33H55N3O10/c1-33(2,20-45-26-14-9-23(10-15-26)35-46-18-21-5-3-4-6-27(21)31(38)39)19-44-25-12-7-22(8-13-25)34-30(37)29-17-24(36(42)43)11-16-28(29)32(40)41/h21-29,35H,3-20H2,1-2H3,(H,34,37)(H,38,39)(H,40,41). The Balaban J connectivity index is 1.08. The summed E-state index contributed by atoms with van der Waals surface area (Å²) in [7, 11) is 0. The maximum absolute atomic E-state index is 13.0. The molecule has 0 aliphatic heterocycles. The first-order chi connectivity index (χ1) is 21.9. The van der Waals surface area contributed by atoms with Crippen LogP contribution in [0.15, 0.2) is 0 Å². The molecule has 5 atom stereocenters. The number of hydrogen-bond acceptors (Lipinski definition) is 9. The lowest BCUT2D eigenvalue weighted by atomic mass is 9.76. The molecule has 4 aliphatic rings. The highest BCUT2D eigenvalue weighted by atomic mass is 16.6. The molecule has 0 aromatic carbocycles. The number of carbonyl (C=O) groups excluding carboxylic acids is 1. The normalized spacial score (nSPS) is 34.0. The van der Waals surface area contributed by atoms with E-state index in [-0.39, 0.29) is 66.7 Å². The van der Waals surface area contributed by atoms with Gasteiger partial charge in [-0.3, -0.25) is 24.5 Å². The lowest BCUT2D eigenvalue weighted by Gasteiger charge is -2.35. The molecule has 5 unspecified atom stereocenters. The molecule has 4 aliphatic carbocycles. The van der Waals surface area contributed by atoms with Gasteiger partial charge < -0.3 is 29.8 Å². The van der Waals surface area contributed by atoms with Crippen LogP contribution in [-0.4, -0.2) is 83.1 Å². The largest absolute Gasteiger partial charge is 0.481 e. The van der Waals surface area contributed by atoms with E-state index >= 15 is 0 Å². The number of carbonyl (C=O) groups is 3. The van der Waals surface area contributed by atoms with Crippen molar-refractivity contribution < 1.29 is 43.8 Å². The molecule has 4 saturated carbocycles. The number of hydroxylamine groups is 1. The Morgan fingerprint density at radius 2 is 1.33 bits per heavy atom. The van der Waals surface area contributed by atoms with E-state index in [4.69, 9.17) is 14.3 Å². The highest BCUT2D eigenvalue weighted by molar-refractivity contribution is 5.85. The lowest BCUT2D eigenvalue weighted by molar-refractivity contribution is -0.528. The molecule has 1 amide bonds. The zero-order valence-electron chi connectivity index (χ0n) is 27.5. The van der Waals surface area contributed by atoms with Gasteiger partial charge >= 0.3 is 11.9 Å². The number of ether oxygens (including phenoxy) is 2. The fourth-order valence-corrected chi connectivity index (χ4v) is 7.69. The minimum atomic E-state index is -1.07. The summed E-state index contributed by atoms with van der Waals surface area (Å²) in [5, 5.41) is 33.3. The predicted octanol–water partition coefficient (Wildman–Crippen LogP) is 4.34. The Kier molecular flexibility index (Phi) is 13.6.